The first-order valence-electron chi connectivity index (χ1n) is 5.57. The lowest BCUT2D eigenvalue weighted by Gasteiger charge is -2.12. The third-order valence-electron chi connectivity index (χ3n) is 2.69. The van der Waals surface area contributed by atoms with Crippen molar-refractivity contribution in [3.05, 3.63) is 29.8 Å². The summed E-state index contributed by atoms with van der Waals surface area (Å²) in [7, 11) is 0. The molecule has 1 aliphatic heterocycles. The van der Waals surface area contributed by atoms with Crippen molar-refractivity contribution in [2.45, 2.75) is 13.0 Å². The Kier molecular flexibility index (Phi) is 3.47. The van der Waals surface area contributed by atoms with Gasteiger partial charge < -0.3 is 15.3 Å². The van der Waals surface area contributed by atoms with Gasteiger partial charge in [-0.05, 0) is 24.6 Å². The molecule has 2 rings (SSSR count). The zero-order valence-corrected chi connectivity index (χ0v) is 9.84. The van der Waals surface area contributed by atoms with Crippen LogP contribution >= 0.6 is 0 Å². The van der Waals surface area contributed by atoms with Gasteiger partial charge >= 0.3 is 0 Å². The summed E-state index contributed by atoms with van der Waals surface area (Å²) in [5.74, 6) is -1.79. The van der Waals surface area contributed by atoms with E-state index in [0.717, 1.165) is 5.56 Å². The fraction of sp³-hybridized carbons (Fsp3) is 0.333. The van der Waals surface area contributed by atoms with Crippen LogP contribution in [0.3, 0.4) is 0 Å². The van der Waals surface area contributed by atoms with E-state index in [-0.39, 0.29) is 6.54 Å². The minimum absolute atomic E-state index is 0.0847. The van der Waals surface area contributed by atoms with Crippen LogP contribution in [0.5, 0.6) is 5.75 Å². The maximum Gasteiger partial charge on any atom is 0.267 e. The Morgan fingerprint density at radius 1 is 1.56 bits per heavy atom. The molecule has 1 aromatic carbocycles. The molecule has 0 radical (unpaired) electrons. The van der Waals surface area contributed by atoms with Gasteiger partial charge in [-0.1, -0.05) is 12.1 Å². The molecule has 2 amide bonds. The fourth-order valence-corrected chi connectivity index (χ4v) is 1.75. The SMILES string of the molecule is Cc1cccc(ONC(=O)C2C(=O)NCC2O)c1. The number of amides is 2. The molecule has 0 bridgehead atoms. The molecule has 0 aliphatic carbocycles. The minimum atomic E-state index is -1.12. The highest BCUT2D eigenvalue weighted by molar-refractivity contribution is 6.02. The number of aliphatic hydroxyl groups is 1. The van der Waals surface area contributed by atoms with Gasteiger partial charge in [-0.2, -0.15) is 5.48 Å². The van der Waals surface area contributed by atoms with Crippen molar-refractivity contribution in [3.63, 3.8) is 0 Å². The number of carbonyl (C=O) groups excluding carboxylic acids is 2. The van der Waals surface area contributed by atoms with Crippen molar-refractivity contribution in [1.29, 1.82) is 0 Å². The average molecular weight is 250 g/mol. The number of nitrogens with one attached hydrogen (secondary N) is 2. The van der Waals surface area contributed by atoms with E-state index in [9.17, 15) is 14.7 Å². The maximum atomic E-state index is 11.7. The summed E-state index contributed by atoms with van der Waals surface area (Å²) in [6.07, 6.45) is -1.02. The minimum Gasteiger partial charge on any atom is -0.390 e. The summed E-state index contributed by atoms with van der Waals surface area (Å²) in [6.45, 7) is 1.98. The Hall–Kier alpha value is -2.08. The number of hydrogen-bond acceptors (Lipinski definition) is 4. The number of benzene rings is 1. The molecule has 1 heterocycles. The van der Waals surface area contributed by atoms with Crippen LogP contribution in [0.4, 0.5) is 0 Å². The molecule has 2 atom stereocenters. The molecule has 96 valence electrons. The smallest absolute Gasteiger partial charge is 0.267 e. The molecule has 0 saturated carbocycles. The second-order valence-corrected chi connectivity index (χ2v) is 4.18. The van der Waals surface area contributed by atoms with Crippen LogP contribution < -0.4 is 15.6 Å². The number of hydroxylamine groups is 1. The predicted octanol–water partition coefficient (Wildman–Crippen LogP) is -0.488. The molecule has 2 unspecified atom stereocenters. The highest BCUT2D eigenvalue weighted by Gasteiger charge is 2.39. The van der Waals surface area contributed by atoms with Gasteiger partial charge in [-0.25, -0.2) is 0 Å². The lowest BCUT2D eigenvalue weighted by atomic mass is 10.1. The van der Waals surface area contributed by atoms with Crippen molar-refractivity contribution >= 4 is 11.8 Å². The zero-order chi connectivity index (χ0) is 13.1. The third-order valence-corrected chi connectivity index (χ3v) is 2.69. The lowest BCUT2D eigenvalue weighted by Crippen LogP contribution is -2.40. The molecular weight excluding hydrogens is 236 g/mol. The van der Waals surface area contributed by atoms with Gasteiger partial charge in [0.2, 0.25) is 5.91 Å². The van der Waals surface area contributed by atoms with Crippen LogP contribution in [0, 0.1) is 12.8 Å². The number of aliphatic hydroxyl groups excluding tert-OH is 1. The van der Waals surface area contributed by atoms with Crippen molar-refractivity contribution in [1.82, 2.24) is 10.8 Å². The van der Waals surface area contributed by atoms with Crippen LogP contribution in [0.15, 0.2) is 24.3 Å². The van der Waals surface area contributed by atoms with E-state index in [1.165, 1.54) is 0 Å². The first kappa shape index (κ1) is 12.4. The second-order valence-electron chi connectivity index (χ2n) is 4.18. The molecule has 1 fully saturated rings. The first-order valence-corrected chi connectivity index (χ1v) is 5.57. The monoisotopic (exact) mass is 250 g/mol. The Morgan fingerprint density at radius 3 is 2.94 bits per heavy atom. The van der Waals surface area contributed by atoms with Gasteiger partial charge in [0.25, 0.3) is 5.91 Å². The highest BCUT2D eigenvalue weighted by atomic mass is 16.7. The fourth-order valence-electron chi connectivity index (χ4n) is 1.75. The third kappa shape index (κ3) is 2.60. The Morgan fingerprint density at radius 2 is 2.33 bits per heavy atom. The number of aryl methyl sites for hydroxylation is 1. The Bertz CT molecular complexity index is 475. The van der Waals surface area contributed by atoms with Crippen LogP contribution in [0.25, 0.3) is 0 Å². The van der Waals surface area contributed by atoms with Crippen molar-refractivity contribution in [2.75, 3.05) is 6.54 Å². The number of rotatable bonds is 3. The Labute approximate surface area is 104 Å². The van der Waals surface area contributed by atoms with E-state index in [2.05, 4.69) is 10.8 Å². The van der Waals surface area contributed by atoms with Crippen molar-refractivity contribution in [2.24, 2.45) is 5.92 Å². The number of β-amino-alcohol motifs (C(OH)–C–C–N with tert-alkyl or cyclic N) is 1. The Balaban J connectivity index is 1.94. The lowest BCUT2D eigenvalue weighted by molar-refractivity contribution is -0.140. The van der Waals surface area contributed by atoms with Gasteiger partial charge in [0.05, 0.1) is 6.10 Å². The van der Waals surface area contributed by atoms with Crippen LogP contribution in [0.2, 0.25) is 0 Å². The molecule has 6 nitrogen and oxygen atoms in total. The summed E-state index contributed by atoms with van der Waals surface area (Å²) < 4.78 is 0. The van der Waals surface area contributed by atoms with Crippen LogP contribution in [-0.4, -0.2) is 29.6 Å². The molecule has 3 N–H and O–H groups in total. The zero-order valence-electron chi connectivity index (χ0n) is 9.84. The molecule has 18 heavy (non-hydrogen) atoms. The van der Waals surface area contributed by atoms with E-state index in [0.29, 0.717) is 5.75 Å². The van der Waals surface area contributed by atoms with Crippen molar-refractivity contribution < 1.29 is 19.5 Å². The number of carbonyl (C=O) groups is 2. The van der Waals surface area contributed by atoms with Gasteiger partial charge in [-0.15, -0.1) is 0 Å². The molecular formula is C12H14N2O4. The molecule has 1 aliphatic rings. The van der Waals surface area contributed by atoms with Crippen LogP contribution in [0.1, 0.15) is 5.56 Å². The molecule has 0 aromatic heterocycles. The van der Waals surface area contributed by atoms with E-state index in [1.54, 1.807) is 18.2 Å². The summed E-state index contributed by atoms with van der Waals surface area (Å²) in [5.41, 5.74) is 3.16. The molecule has 6 heteroatoms. The maximum absolute atomic E-state index is 11.7. The van der Waals surface area contributed by atoms with E-state index in [4.69, 9.17) is 4.84 Å². The summed E-state index contributed by atoms with van der Waals surface area (Å²) >= 11 is 0. The molecule has 1 saturated heterocycles. The van der Waals surface area contributed by atoms with Crippen LogP contribution in [-0.2, 0) is 9.59 Å². The topological polar surface area (TPSA) is 87.7 Å². The van der Waals surface area contributed by atoms with Gasteiger partial charge in [0, 0.05) is 6.54 Å². The normalized spacial score (nSPS) is 22.4. The summed E-state index contributed by atoms with van der Waals surface area (Å²) in [5, 5.41) is 11.9. The largest absolute Gasteiger partial charge is 0.390 e. The van der Waals surface area contributed by atoms with Gasteiger partial charge in [0.15, 0.2) is 5.75 Å². The molecule has 0 spiro atoms. The van der Waals surface area contributed by atoms with E-state index < -0.39 is 23.8 Å². The number of hydrogen-bond donors (Lipinski definition) is 3. The first-order chi connectivity index (χ1) is 8.58. The molecule has 1 aromatic rings. The summed E-state index contributed by atoms with van der Waals surface area (Å²) in [6, 6.07) is 7.10. The van der Waals surface area contributed by atoms with E-state index >= 15 is 0 Å². The average Bonchev–Trinajstić information content (AvgIpc) is 2.66. The quantitative estimate of drug-likeness (QED) is 0.499. The predicted molar refractivity (Wildman–Crippen MR) is 62.5 cm³/mol. The van der Waals surface area contributed by atoms with Crippen molar-refractivity contribution in [3.8, 4) is 5.75 Å². The highest BCUT2D eigenvalue weighted by Crippen LogP contribution is 2.13. The van der Waals surface area contributed by atoms with Gasteiger partial charge in [0.1, 0.15) is 5.92 Å². The summed E-state index contributed by atoms with van der Waals surface area (Å²) in [4.78, 5) is 28.0. The second kappa shape index (κ2) is 5.05. The van der Waals surface area contributed by atoms with Gasteiger partial charge in [-0.3, -0.25) is 9.59 Å². The standard InChI is InChI=1S/C12H14N2O4/c1-7-3-2-4-8(5-7)18-14-12(17)10-9(15)6-13-11(10)16/h2-5,9-10,15H,6H2,1H3,(H,13,16)(H,14,17). The van der Waals surface area contributed by atoms with E-state index in [1.807, 2.05) is 13.0 Å².